The zero-order valence-electron chi connectivity index (χ0n) is 19.2. The Labute approximate surface area is 195 Å². The topological polar surface area (TPSA) is 68.1 Å². The summed E-state index contributed by atoms with van der Waals surface area (Å²) in [6.07, 6.45) is 4.55. The lowest BCUT2D eigenvalue weighted by Crippen LogP contribution is -2.02. The summed E-state index contributed by atoms with van der Waals surface area (Å²) in [7, 11) is 0. The maximum absolute atomic E-state index is 10.9. The average Bonchev–Trinajstić information content (AvgIpc) is 2.86. The summed E-state index contributed by atoms with van der Waals surface area (Å²) >= 11 is 0. The second kappa shape index (κ2) is 10.7. The summed E-state index contributed by atoms with van der Waals surface area (Å²) in [6.45, 7) is 4.80. The lowest BCUT2D eigenvalue weighted by Gasteiger charge is -2.13. The smallest absolute Gasteiger partial charge is 0.167 e. The van der Waals surface area contributed by atoms with E-state index in [0.717, 1.165) is 29.5 Å². The maximum atomic E-state index is 10.9. The largest absolute Gasteiger partial charge is 0.507 e. The Morgan fingerprint density at radius 3 is 1.88 bits per heavy atom. The molecule has 0 aliphatic rings. The standard InChI is InChI=1S/C28H29N3O2/c1-3-4-5-12-17-33-25-19-24(32)23(18-20(25)2)28-30-26(21-13-8-6-9-14-21)29-27(31-28)22-15-10-7-11-16-22/h6-11,13-16,18-19,32H,3-5,12,17H2,1-2H3. The highest BCUT2D eigenvalue weighted by molar-refractivity contribution is 5.71. The molecule has 0 unspecified atom stereocenters. The predicted octanol–water partition coefficient (Wildman–Crippen LogP) is 6.85. The van der Waals surface area contributed by atoms with Crippen LogP contribution in [0.4, 0.5) is 0 Å². The number of rotatable bonds is 9. The van der Waals surface area contributed by atoms with Crippen LogP contribution >= 0.6 is 0 Å². The minimum Gasteiger partial charge on any atom is -0.507 e. The zero-order chi connectivity index (χ0) is 23.0. The van der Waals surface area contributed by atoms with E-state index in [1.54, 1.807) is 6.07 Å². The first-order valence-electron chi connectivity index (χ1n) is 11.5. The second-order valence-electron chi connectivity index (χ2n) is 8.08. The molecule has 0 spiro atoms. The molecular formula is C28H29N3O2. The van der Waals surface area contributed by atoms with E-state index in [4.69, 9.17) is 19.7 Å². The third-order valence-electron chi connectivity index (χ3n) is 5.49. The number of unbranched alkanes of at least 4 members (excludes halogenated alkanes) is 3. The summed E-state index contributed by atoms with van der Waals surface area (Å²) in [5.74, 6) is 2.33. The van der Waals surface area contributed by atoms with Crippen molar-refractivity contribution in [2.75, 3.05) is 6.61 Å². The van der Waals surface area contributed by atoms with E-state index < -0.39 is 0 Å². The Balaban J connectivity index is 1.71. The molecule has 0 radical (unpaired) electrons. The molecule has 3 aromatic carbocycles. The van der Waals surface area contributed by atoms with Crippen molar-refractivity contribution < 1.29 is 9.84 Å². The highest BCUT2D eigenvalue weighted by Gasteiger charge is 2.16. The van der Waals surface area contributed by atoms with Crippen LogP contribution in [0.15, 0.2) is 72.8 Å². The van der Waals surface area contributed by atoms with Crippen molar-refractivity contribution in [3.05, 3.63) is 78.4 Å². The molecule has 0 aliphatic carbocycles. The first-order valence-corrected chi connectivity index (χ1v) is 11.5. The minimum atomic E-state index is 0.0911. The highest BCUT2D eigenvalue weighted by atomic mass is 16.5. The molecule has 0 saturated heterocycles. The van der Waals surface area contributed by atoms with Gasteiger partial charge in [0.1, 0.15) is 11.5 Å². The zero-order valence-corrected chi connectivity index (χ0v) is 19.2. The second-order valence-corrected chi connectivity index (χ2v) is 8.08. The van der Waals surface area contributed by atoms with Gasteiger partial charge in [0.25, 0.3) is 0 Å². The summed E-state index contributed by atoms with van der Waals surface area (Å²) in [4.78, 5) is 14.1. The van der Waals surface area contributed by atoms with Crippen LogP contribution in [-0.2, 0) is 0 Å². The van der Waals surface area contributed by atoms with Crippen molar-refractivity contribution >= 4 is 0 Å². The molecule has 0 fully saturated rings. The van der Waals surface area contributed by atoms with Gasteiger partial charge in [0.05, 0.1) is 12.2 Å². The number of benzene rings is 3. The molecular weight excluding hydrogens is 410 g/mol. The highest BCUT2D eigenvalue weighted by Crippen LogP contribution is 2.35. The third-order valence-corrected chi connectivity index (χ3v) is 5.49. The van der Waals surface area contributed by atoms with Crippen LogP contribution in [0.3, 0.4) is 0 Å². The van der Waals surface area contributed by atoms with Gasteiger partial charge in [0.15, 0.2) is 17.5 Å². The van der Waals surface area contributed by atoms with Crippen LogP contribution < -0.4 is 4.74 Å². The van der Waals surface area contributed by atoms with E-state index in [1.165, 1.54) is 12.8 Å². The lowest BCUT2D eigenvalue weighted by molar-refractivity contribution is 0.301. The molecule has 0 aliphatic heterocycles. The van der Waals surface area contributed by atoms with Crippen LogP contribution in [0, 0.1) is 6.92 Å². The maximum Gasteiger partial charge on any atom is 0.167 e. The fraction of sp³-hybridized carbons (Fsp3) is 0.250. The minimum absolute atomic E-state index is 0.0911. The van der Waals surface area contributed by atoms with Crippen LogP contribution in [0.5, 0.6) is 11.5 Å². The Morgan fingerprint density at radius 2 is 1.30 bits per heavy atom. The van der Waals surface area contributed by atoms with Gasteiger partial charge < -0.3 is 9.84 Å². The van der Waals surface area contributed by atoms with Crippen molar-refractivity contribution in [2.24, 2.45) is 0 Å². The monoisotopic (exact) mass is 439 g/mol. The average molecular weight is 440 g/mol. The number of phenols is 1. The number of aromatic hydroxyl groups is 1. The van der Waals surface area contributed by atoms with Crippen LogP contribution in [0.2, 0.25) is 0 Å². The number of ether oxygens (including phenoxy) is 1. The van der Waals surface area contributed by atoms with Crippen LogP contribution in [0.1, 0.15) is 38.2 Å². The predicted molar refractivity (Wildman–Crippen MR) is 132 cm³/mol. The van der Waals surface area contributed by atoms with Crippen molar-refractivity contribution in [3.63, 3.8) is 0 Å². The number of hydrogen-bond acceptors (Lipinski definition) is 5. The van der Waals surface area contributed by atoms with Gasteiger partial charge in [-0.1, -0.05) is 86.8 Å². The molecule has 5 nitrogen and oxygen atoms in total. The van der Waals surface area contributed by atoms with E-state index in [0.29, 0.717) is 35.4 Å². The van der Waals surface area contributed by atoms with Crippen molar-refractivity contribution in [2.45, 2.75) is 39.5 Å². The van der Waals surface area contributed by atoms with Crippen molar-refractivity contribution in [1.82, 2.24) is 15.0 Å². The van der Waals surface area contributed by atoms with Gasteiger partial charge in [-0.05, 0) is 25.0 Å². The number of phenolic OH excluding ortho intramolecular Hbond substituents is 1. The van der Waals surface area contributed by atoms with Crippen molar-refractivity contribution in [3.8, 4) is 45.7 Å². The summed E-state index contributed by atoms with van der Waals surface area (Å²) in [5, 5.41) is 10.9. The molecule has 0 saturated carbocycles. The lowest BCUT2D eigenvalue weighted by atomic mass is 10.1. The first-order chi connectivity index (χ1) is 16.2. The Morgan fingerprint density at radius 1 is 0.727 bits per heavy atom. The van der Waals surface area contributed by atoms with E-state index in [1.807, 2.05) is 73.7 Å². The molecule has 1 heterocycles. The number of aromatic nitrogens is 3. The van der Waals surface area contributed by atoms with Crippen LogP contribution in [-0.4, -0.2) is 26.7 Å². The van der Waals surface area contributed by atoms with Crippen LogP contribution in [0.25, 0.3) is 34.2 Å². The molecule has 33 heavy (non-hydrogen) atoms. The molecule has 4 rings (SSSR count). The number of aryl methyl sites for hydroxylation is 1. The molecule has 5 heteroatoms. The van der Waals surface area contributed by atoms with Crippen molar-refractivity contribution in [1.29, 1.82) is 0 Å². The Kier molecular flexibility index (Phi) is 7.30. The van der Waals surface area contributed by atoms with Gasteiger partial charge in [0, 0.05) is 17.2 Å². The number of hydrogen-bond donors (Lipinski definition) is 1. The quantitative estimate of drug-likeness (QED) is 0.289. The van der Waals surface area contributed by atoms with Gasteiger partial charge in [-0.3, -0.25) is 0 Å². The fourth-order valence-electron chi connectivity index (χ4n) is 3.65. The molecule has 1 N–H and O–H groups in total. The number of nitrogens with zero attached hydrogens (tertiary/aromatic N) is 3. The van der Waals surface area contributed by atoms with Gasteiger partial charge in [-0.15, -0.1) is 0 Å². The van der Waals surface area contributed by atoms with Gasteiger partial charge in [-0.2, -0.15) is 0 Å². The fourth-order valence-corrected chi connectivity index (χ4v) is 3.65. The van der Waals surface area contributed by atoms with Gasteiger partial charge in [0.2, 0.25) is 0 Å². The van der Waals surface area contributed by atoms with E-state index in [9.17, 15) is 5.11 Å². The van der Waals surface area contributed by atoms with E-state index in [2.05, 4.69) is 6.92 Å². The normalized spacial score (nSPS) is 10.8. The molecule has 168 valence electrons. The third kappa shape index (κ3) is 5.55. The molecule has 0 atom stereocenters. The Hall–Kier alpha value is -3.73. The summed E-state index contributed by atoms with van der Waals surface area (Å²) in [5.41, 5.74) is 3.27. The summed E-state index contributed by atoms with van der Waals surface area (Å²) < 4.78 is 5.93. The molecule has 0 amide bonds. The van der Waals surface area contributed by atoms with E-state index in [-0.39, 0.29) is 5.75 Å². The van der Waals surface area contributed by atoms with Gasteiger partial charge >= 0.3 is 0 Å². The molecule has 4 aromatic rings. The van der Waals surface area contributed by atoms with E-state index >= 15 is 0 Å². The van der Waals surface area contributed by atoms with Gasteiger partial charge in [-0.25, -0.2) is 15.0 Å². The molecule has 1 aromatic heterocycles. The first kappa shape index (κ1) is 22.5. The summed E-state index contributed by atoms with van der Waals surface area (Å²) in [6, 6.07) is 23.1. The molecule has 0 bridgehead atoms. The SMILES string of the molecule is CCCCCCOc1cc(O)c(-c2nc(-c3ccccc3)nc(-c3ccccc3)n2)cc1C. The Bertz CT molecular complexity index is 1140.